The van der Waals surface area contributed by atoms with Crippen molar-refractivity contribution in [1.82, 2.24) is 0 Å². The average molecular weight is 440 g/mol. The van der Waals surface area contributed by atoms with Gasteiger partial charge in [-0.1, -0.05) is 30.3 Å². The summed E-state index contributed by atoms with van der Waals surface area (Å²) in [5, 5.41) is 11.6. The van der Waals surface area contributed by atoms with Gasteiger partial charge in [0.05, 0.1) is 10.7 Å². The number of fused-ring (bicyclic) bond motifs is 1. The third kappa shape index (κ3) is 4.04. The van der Waals surface area contributed by atoms with Gasteiger partial charge >= 0.3 is 0 Å². The number of halogens is 1. The van der Waals surface area contributed by atoms with Crippen molar-refractivity contribution >= 4 is 27.1 Å². The van der Waals surface area contributed by atoms with Gasteiger partial charge in [0.1, 0.15) is 10.7 Å². The van der Waals surface area contributed by atoms with Gasteiger partial charge in [0, 0.05) is 23.9 Å². The molecule has 7 nitrogen and oxygen atoms in total. The van der Waals surface area contributed by atoms with Gasteiger partial charge in [0.2, 0.25) is 0 Å². The van der Waals surface area contributed by atoms with E-state index in [1.807, 2.05) is 12.1 Å². The van der Waals surface area contributed by atoms with Gasteiger partial charge in [0.15, 0.2) is 9.84 Å². The molecule has 0 unspecified atom stereocenters. The van der Waals surface area contributed by atoms with Crippen LogP contribution in [-0.4, -0.2) is 25.8 Å². The first kappa shape index (κ1) is 20.7. The Morgan fingerprint density at radius 3 is 2.58 bits per heavy atom. The summed E-state index contributed by atoms with van der Waals surface area (Å²) in [6.45, 7) is 0.436. The van der Waals surface area contributed by atoms with Gasteiger partial charge < -0.3 is 4.90 Å². The number of benzene rings is 3. The van der Waals surface area contributed by atoms with Crippen LogP contribution in [-0.2, 0) is 22.0 Å². The number of nitrogens with zero attached hydrogens (tertiary/aromatic N) is 2. The van der Waals surface area contributed by atoms with Crippen molar-refractivity contribution in [1.29, 1.82) is 0 Å². The van der Waals surface area contributed by atoms with Crippen molar-refractivity contribution in [2.24, 2.45) is 0 Å². The average Bonchev–Trinajstić information content (AvgIpc) is 3.16. The van der Waals surface area contributed by atoms with Crippen LogP contribution in [0.25, 0.3) is 0 Å². The van der Waals surface area contributed by atoms with Gasteiger partial charge in [-0.05, 0) is 47.9 Å². The van der Waals surface area contributed by atoms with Gasteiger partial charge in [-0.15, -0.1) is 0 Å². The Kier molecular flexibility index (Phi) is 5.28. The molecule has 4 rings (SSSR count). The predicted molar refractivity (Wildman–Crippen MR) is 112 cm³/mol. The van der Waals surface area contributed by atoms with Crippen molar-refractivity contribution < 1.29 is 22.5 Å². The number of hydrogen-bond donors (Lipinski definition) is 0. The molecular formula is C22H17FN2O5S. The Bertz CT molecular complexity index is 1310. The lowest BCUT2D eigenvalue weighted by Crippen LogP contribution is -2.29. The second-order valence-corrected chi connectivity index (χ2v) is 9.12. The third-order valence-electron chi connectivity index (χ3n) is 5.12. The molecule has 158 valence electrons. The second kappa shape index (κ2) is 7.92. The van der Waals surface area contributed by atoms with E-state index in [-0.39, 0.29) is 11.1 Å². The van der Waals surface area contributed by atoms with E-state index in [9.17, 15) is 27.7 Å². The number of amides is 1. The fourth-order valence-corrected chi connectivity index (χ4v) is 5.19. The lowest BCUT2D eigenvalue weighted by molar-refractivity contribution is -0.387. The van der Waals surface area contributed by atoms with E-state index < -0.39 is 42.8 Å². The molecule has 0 N–H and O–H groups in total. The number of hydrogen-bond acceptors (Lipinski definition) is 5. The van der Waals surface area contributed by atoms with Crippen LogP contribution in [0, 0.1) is 15.9 Å². The fraction of sp³-hybridized carbons (Fsp3) is 0.136. The Balaban J connectivity index is 1.69. The molecule has 1 amide bonds. The topological polar surface area (TPSA) is 97.6 Å². The van der Waals surface area contributed by atoms with Gasteiger partial charge in [0.25, 0.3) is 11.6 Å². The van der Waals surface area contributed by atoms with E-state index in [4.69, 9.17) is 0 Å². The zero-order valence-electron chi connectivity index (χ0n) is 16.2. The lowest BCUT2D eigenvalue weighted by Gasteiger charge is -2.17. The van der Waals surface area contributed by atoms with Crippen molar-refractivity contribution in [2.75, 3.05) is 11.4 Å². The number of para-hydroxylation sites is 1. The summed E-state index contributed by atoms with van der Waals surface area (Å²) in [5.41, 5.74) is 1.24. The van der Waals surface area contributed by atoms with Crippen molar-refractivity contribution in [3.05, 3.63) is 99.4 Å². The number of anilines is 1. The summed E-state index contributed by atoms with van der Waals surface area (Å²) in [7, 11) is -4.15. The highest BCUT2D eigenvalue weighted by Crippen LogP contribution is 2.32. The third-order valence-corrected chi connectivity index (χ3v) is 6.84. The van der Waals surface area contributed by atoms with Crippen LogP contribution in [0.3, 0.4) is 0 Å². The zero-order valence-corrected chi connectivity index (χ0v) is 17.0. The predicted octanol–water partition coefficient (Wildman–Crippen LogP) is 3.91. The quantitative estimate of drug-likeness (QED) is 0.443. The molecule has 3 aromatic rings. The minimum Gasteiger partial charge on any atom is -0.308 e. The molecule has 0 saturated heterocycles. The molecule has 9 heteroatoms. The summed E-state index contributed by atoms with van der Waals surface area (Å²) in [5.74, 6) is -1.64. The van der Waals surface area contributed by atoms with E-state index in [1.165, 1.54) is 29.2 Å². The monoisotopic (exact) mass is 440 g/mol. The molecule has 1 heterocycles. The molecular weight excluding hydrogens is 423 g/mol. The van der Waals surface area contributed by atoms with Gasteiger partial charge in [-0.25, -0.2) is 12.8 Å². The van der Waals surface area contributed by atoms with E-state index in [0.29, 0.717) is 13.0 Å². The number of rotatable bonds is 5. The minimum absolute atomic E-state index is 0.0214. The summed E-state index contributed by atoms with van der Waals surface area (Å²) in [4.78, 5) is 24.8. The second-order valence-electron chi connectivity index (χ2n) is 7.16. The van der Waals surface area contributed by atoms with E-state index >= 15 is 0 Å². The smallest absolute Gasteiger partial charge is 0.288 e. The fourth-order valence-electron chi connectivity index (χ4n) is 3.69. The molecule has 0 atom stereocenters. The highest BCUT2D eigenvalue weighted by molar-refractivity contribution is 7.90. The van der Waals surface area contributed by atoms with Crippen molar-refractivity contribution in [3.63, 3.8) is 0 Å². The molecule has 1 aliphatic rings. The maximum absolute atomic E-state index is 13.4. The highest BCUT2D eigenvalue weighted by atomic mass is 32.2. The Labute approximate surface area is 177 Å². The summed E-state index contributed by atoms with van der Waals surface area (Å²) < 4.78 is 39.0. The Hall–Kier alpha value is -3.59. The van der Waals surface area contributed by atoms with E-state index in [1.54, 1.807) is 12.1 Å². The van der Waals surface area contributed by atoms with Crippen LogP contribution in [0.1, 0.15) is 21.5 Å². The normalized spacial score (nSPS) is 13.1. The molecule has 0 saturated carbocycles. The first-order chi connectivity index (χ1) is 14.8. The Morgan fingerprint density at radius 1 is 1.06 bits per heavy atom. The molecule has 0 radical (unpaired) electrons. The molecule has 31 heavy (non-hydrogen) atoms. The number of sulfone groups is 1. The molecule has 0 fully saturated rings. The minimum atomic E-state index is -4.15. The largest absolute Gasteiger partial charge is 0.308 e. The van der Waals surface area contributed by atoms with Crippen LogP contribution in [0.2, 0.25) is 0 Å². The van der Waals surface area contributed by atoms with Crippen molar-refractivity contribution in [2.45, 2.75) is 17.1 Å². The summed E-state index contributed by atoms with van der Waals surface area (Å²) >= 11 is 0. The maximum atomic E-state index is 13.4. The highest BCUT2D eigenvalue weighted by Gasteiger charge is 2.30. The first-order valence-electron chi connectivity index (χ1n) is 9.42. The van der Waals surface area contributed by atoms with Crippen LogP contribution in [0.5, 0.6) is 0 Å². The summed E-state index contributed by atoms with van der Waals surface area (Å²) in [6, 6.07) is 15.7. The molecule has 1 aliphatic heterocycles. The zero-order chi connectivity index (χ0) is 22.2. The molecule has 0 spiro atoms. The van der Waals surface area contributed by atoms with E-state index in [2.05, 4.69) is 0 Å². The van der Waals surface area contributed by atoms with Crippen LogP contribution in [0.15, 0.2) is 71.6 Å². The van der Waals surface area contributed by atoms with Gasteiger partial charge in [-0.2, -0.15) is 0 Å². The molecule has 0 aliphatic carbocycles. The number of nitro groups is 1. The van der Waals surface area contributed by atoms with Crippen LogP contribution < -0.4 is 4.90 Å². The van der Waals surface area contributed by atoms with Crippen molar-refractivity contribution in [3.8, 4) is 0 Å². The lowest BCUT2D eigenvalue weighted by atomic mass is 10.1. The van der Waals surface area contributed by atoms with E-state index in [0.717, 1.165) is 29.4 Å². The molecule has 0 aromatic heterocycles. The first-order valence-corrected chi connectivity index (χ1v) is 11.1. The summed E-state index contributed by atoms with van der Waals surface area (Å²) in [6.07, 6.45) is 0.671. The number of carbonyl (C=O) groups is 1. The van der Waals surface area contributed by atoms with Crippen LogP contribution in [0.4, 0.5) is 15.8 Å². The molecule has 0 bridgehead atoms. The SMILES string of the molecule is O=C(c1ccc(S(=O)(=O)Cc2cccc(F)c2)c([N+](=O)[O-])c1)N1CCc2ccccc21. The Morgan fingerprint density at radius 2 is 1.84 bits per heavy atom. The number of carbonyl (C=O) groups excluding carboxylic acids is 1. The van der Waals surface area contributed by atoms with Crippen LogP contribution >= 0.6 is 0 Å². The van der Waals surface area contributed by atoms with Gasteiger partial charge in [-0.3, -0.25) is 14.9 Å². The number of nitro benzene ring substituents is 1. The standard InChI is InChI=1S/C22H17FN2O5S/c23-18-6-3-4-15(12-18)14-31(29,30)21-9-8-17(13-20(21)25(27)28)22(26)24-11-10-16-5-1-2-7-19(16)24/h1-9,12-13H,10-11,14H2. The maximum Gasteiger partial charge on any atom is 0.288 e. The molecule has 3 aromatic carbocycles.